The maximum Gasteiger partial charge on any atom is 0.141 e. The first-order valence-corrected chi connectivity index (χ1v) is 6.22. The summed E-state index contributed by atoms with van der Waals surface area (Å²) in [5.41, 5.74) is 1.21. The Balaban J connectivity index is 2.28. The van der Waals surface area contributed by atoms with Crippen LogP contribution in [0.25, 0.3) is 0 Å². The molecular formula is C14H9Cl2FN2. The highest BCUT2D eigenvalue weighted by Crippen LogP contribution is 2.28. The van der Waals surface area contributed by atoms with Crippen molar-refractivity contribution in [3.05, 3.63) is 63.9 Å². The molecular weight excluding hydrogens is 286 g/mol. The number of halogens is 3. The fourth-order valence-corrected chi connectivity index (χ4v) is 2.04. The molecule has 0 bridgehead atoms. The summed E-state index contributed by atoms with van der Waals surface area (Å²) >= 11 is 11.9. The van der Waals surface area contributed by atoms with Crippen LogP contribution in [-0.2, 0) is 0 Å². The lowest BCUT2D eigenvalue weighted by Gasteiger charge is -2.15. The molecule has 0 amide bonds. The third-order valence-electron chi connectivity index (χ3n) is 2.55. The summed E-state index contributed by atoms with van der Waals surface area (Å²) < 4.78 is 12.8. The number of nitriles is 1. The molecule has 0 saturated heterocycles. The van der Waals surface area contributed by atoms with Crippen molar-refractivity contribution >= 4 is 28.9 Å². The SMILES string of the molecule is N#CC(Nc1ccc(F)cc1)c1cc(Cl)ccc1Cl. The van der Waals surface area contributed by atoms with E-state index < -0.39 is 6.04 Å². The summed E-state index contributed by atoms with van der Waals surface area (Å²) in [6.45, 7) is 0. The van der Waals surface area contributed by atoms with Crippen LogP contribution in [0.2, 0.25) is 10.0 Å². The second kappa shape index (κ2) is 5.92. The monoisotopic (exact) mass is 294 g/mol. The molecule has 19 heavy (non-hydrogen) atoms. The smallest absolute Gasteiger partial charge is 0.141 e. The summed E-state index contributed by atoms with van der Waals surface area (Å²) in [6, 6.07) is 12.1. The minimum atomic E-state index is -0.656. The van der Waals surface area contributed by atoms with Crippen molar-refractivity contribution < 1.29 is 4.39 Å². The lowest BCUT2D eigenvalue weighted by Crippen LogP contribution is -2.09. The molecule has 1 N–H and O–H groups in total. The molecule has 2 aromatic carbocycles. The Labute approximate surface area is 120 Å². The highest BCUT2D eigenvalue weighted by Gasteiger charge is 2.14. The van der Waals surface area contributed by atoms with Gasteiger partial charge in [-0.1, -0.05) is 23.2 Å². The molecule has 1 unspecified atom stereocenters. The van der Waals surface area contributed by atoms with Crippen molar-refractivity contribution in [1.82, 2.24) is 0 Å². The number of hydrogen-bond acceptors (Lipinski definition) is 2. The van der Waals surface area contributed by atoms with Crippen molar-refractivity contribution in [3.8, 4) is 6.07 Å². The molecule has 0 aliphatic rings. The van der Waals surface area contributed by atoms with Crippen molar-refractivity contribution in [2.45, 2.75) is 6.04 Å². The number of nitrogens with zero attached hydrogens (tertiary/aromatic N) is 1. The van der Waals surface area contributed by atoms with Gasteiger partial charge in [-0.2, -0.15) is 5.26 Å². The fourth-order valence-electron chi connectivity index (χ4n) is 1.63. The van der Waals surface area contributed by atoms with E-state index in [0.717, 1.165) is 0 Å². The second-order valence-corrected chi connectivity index (χ2v) is 4.72. The topological polar surface area (TPSA) is 35.8 Å². The summed E-state index contributed by atoms with van der Waals surface area (Å²) in [4.78, 5) is 0. The first kappa shape index (κ1) is 13.7. The maximum atomic E-state index is 12.8. The van der Waals surface area contributed by atoms with Gasteiger partial charge in [0.05, 0.1) is 6.07 Å². The summed E-state index contributed by atoms with van der Waals surface area (Å²) in [7, 11) is 0. The van der Waals surface area contributed by atoms with Gasteiger partial charge in [-0.15, -0.1) is 0 Å². The van der Waals surface area contributed by atoms with Crippen LogP contribution < -0.4 is 5.32 Å². The maximum absolute atomic E-state index is 12.8. The normalized spacial score (nSPS) is 11.7. The zero-order valence-electron chi connectivity index (χ0n) is 9.70. The van der Waals surface area contributed by atoms with E-state index in [2.05, 4.69) is 11.4 Å². The van der Waals surface area contributed by atoms with Crippen molar-refractivity contribution in [1.29, 1.82) is 5.26 Å². The number of benzene rings is 2. The van der Waals surface area contributed by atoms with E-state index in [1.165, 1.54) is 12.1 Å². The summed E-state index contributed by atoms with van der Waals surface area (Å²) in [5, 5.41) is 13.1. The van der Waals surface area contributed by atoms with E-state index in [4.69, 9.17) is 23.2 Å². The van der Waals surface area contributed by atoms with Gasteiger partial charge in [0.2, 0.25) is 0 Å². The number of anilines is 1. The Morgan fingerprint density at radius 3 is 2.42 bits per heavy atom. The summed E-state index contributed by atoms with van der Waals surface area (Å²) in [6.07, 6.45) is 0. The molecule has 0 saturated carbocycles. The number of nitrogens with one attached hydrogen (secondary N) is 1. The molecule has 0 spiro atoms. The zero-order valence-corrected chi connectivity index (χ0v) is 11.2. The highest BCUT2D eigenvalue weighted by atomic mass is 35.5. The average Bonchev–Trinajstić information content (AvgIpc) is 2.41. The Hall–Kier alpha value is -1.76. The predicted molar refractivity (Wildman–Crippen MR) is 74.8 cm³/mol. The van der Waals surface area contributed by atoms with Crippen molar-refractivity contribution in [2.24, 2.45) is 0 Å². The van der Waals surface area contributed by atoms with Crippen molar-refractivity contribution in [3.63, 3.8) is 0 Å². The molecule has 0 radical (unpaired) electrons. The molecule has 1 atom stereocenters. The van der Waals surface area contributed by atoms with Crippen LogP contribution in [0.3, 0.4) is 0 Å². The van der Waals surface area contributed by atoms with E-state index in [0.29, 0.717) is 21.3 Å². The molecule has 5 heteroatoms. The third-order valence-corrected chi connectivity index (χ3v) is 3.13. The molecule has 96 valence electrons. The van der Waals surface area contributed by atoms with Gasteiger partial charge in [-0.25, -0.2) is 4.39 Å². The Bertz CT molecular complexity index is 620. The Morgan fingerprint density at radius 2 is 1.79 bits per heavy atom. The lowest BCUT2D eigenvalue weighted by atomic mass is 10.1. The second-order valence-electron chi connectivity index (χ2n) is 3.88. The van der Waals surface area contributed by atoms with Gasteiger partial charge in [0.15, 0.2) is 0 Å². The van der Waals surface area contributed by atoms with Crippen LogP contribution in [0.5, 0.6) is 0 Å². The van der Waals surface area contributed by atoms with E-state index in [-0.39, 0.29) is 5.82 Å². The highest BCUT2D eigenvalue weighted by molar-refractivity contribution is 6.33. The quantitative estimate of drug-likeness (QED) is 0.882. The molecule has 0 aliphatic carbocycles. The zero-order chi connectivity index (χ0) is 13.8. The minimum Gasteiger partial charge on any atom is -0.366 e. The van der Waals surface area contributed by atoms with E-state index in [1.54, 1.807) is 30.3 Å². The number of hydrogen-bond donors (Lipinski definition) is 1. The van der Waals surface area contributed by atoms with Crippen LogP contribution in [0.15, 0.2) is 42.5 Å². The average molecular weight is 295 g/mol. The molecule has 0 fully saturated rings. The van der Waals surface area contributed by atoms with Crippen LogP contribution in [-0.4, -0.2) is 0 Å². The van der Waals surface area contributed by atoms with E-state index in [1.807, 2.05) is 0 Å². The van der Waals surface area contributed by atoms with Crippen LogP contribution in [0, 0.1) is 17.1 Å². The standard InChI is InChI=1S/C14H9Cl2FN2/c15-9-1-6-13(16)12(7-9)14(8-18)19-11-4-2-10(17)3-5-11/h1-7,14,19H. The first-order valence-electron chi connectivity index (χ1n) is 5.47. The van der Waals surface area contributed by atoms with Gasteiger partial charge in [0.25, 0.3) is 0 Å². The molecule has 0 aromatic heterocycles. The predicted octanol–water partition coefficient (Wildman–Crippen LogP) is 4.81. The summed E-state index contributed by atoms with van der Waals surface area (Å²) in [5.74, 6) is -0.333. The third kappa shape index (κ3) is 3.37. The van der Waals surface area contributed by atoms with Crippen LogP contribution in [0.1, 0.15) is 11.6 Å². The molecule has 0 aliphatic heterocycles. The van der Waals surface area contributed by atoms with Gasteiger partial charge in [-0.05, 0) is 42.5 Å². The van der Waals surface area contributed by atoms with Crippen LogP contribution in [0.4, 0.5) is 10.1 Å². The van der Waals surface area contributed by atoms with Gasteiger partial charge < -0.3 is 5.32 Å². The number of rotatable bonds is 3. The largest absolute Gasteiger partial charge is 0.366 e. The Morgan fingerprint density at radius 1 is 1.11 bits per heavy atom. The molecule has 2 nitrogen and oxygen atoms in total. The van der Waals surface area contributed by atoms with Crippen LogP contribution >= 0.6 is 23.2 Å². The molecule has 0 heterocycles. The molecule has 2 aromatic rings. The van der Waals surface area contributed by atoms with Gasteiger partial charge >= 0.3 is 0 Å². The minimum absolute atomic E-state index is 0.333. The van der Waals surface area contributed by atoms with Crippen molar-refractivity contribution in [2.75, 3.05) is 5.32 Å². The van der Waals surface area contributed by atoms with Gasteiger partial charge in [-0.3, -0.25) is 0 Å². The Kier molecular flexibility index (Phi) is 4.26. The fraction of sp³-hybridized carbons (Fsp3) is 0.0714. The van der Waals surface area contributed by atoms with Gasteiger partial charge in [0.1, 0.15) is 11.9 Å². The van der Waals surface area contributed by atoms with E-state index >= 15 is 0 Å². The van der Waals surface area contributed by atoms with E-state index in [9.17, 15) is 9.65 Å². The lowest BCUT2D eigenvalue weighted by molar-refractivity contribution is 0.628. The molecule has 2 rings (SSSR count). The van der Waals surface area contributed by atoms with Gasteiger partial charge in [0, 0.05) is 21.3 Å². The first-order chi connectivity index (χ1) is 9.10.